The van der Waals surface area contributed by atoms with E-state index in [1.54, 1.807) is 29.9 Å². The lowest BCUT2D eigenvalue weighted by Gasteiger charge is -2.09. The van der Waals surface area contributed by atoms with E-state index in [1.807, 2.05) is 6.92 Å². The van der Waals surface area contributed by atoms with Gasteiger partial charge in [0.25, 0.3) is 5.56 Å². The number of fused-ring (bicyclic) bond motifs is 1. The van der Waals surface area contributed by atoms with Gasteiger partial charge in [0.1, 0.15) is 0 Å². The Labute approximate surface area is 114 Å². The van der Waals surface area contributed by atoms with Crippen LogP contribution in [-0.2, 0) is 7.05 Å². The smallest absolute Gasteiger partial charge is 0.258 e. The van der Waals surface area contributed by atoms with Gasteiger partial charge in [0, 0.05) is 19.2 Å². The lowest BCUT2D eigenvalue weighted by molar-refractivity contribution is 0.433. The number of nitrogens with zero attached hydrogens (tertiary/aromatic N) is 3. The van der Waals surface area contributed by atoms with Crippen LogP contribution in [0.2, 0.25) is 0 Å². The molecule has 2 aromatic heterocycles. The van der Waals surface area contributed by atoms with Gasteiger partial charge in [0.15, 0.2) is 5.75 Å². The van der Waals surface area contributed by atoms with Crippen LogP contribution in [0.4, 0.5) is 5.69 Å². The lowest BCUT2D eigenvalue weighted by Crippen LogP contribution is -2.07. The van der Waals surface area contributed by atoms with Crippen LogP contribution in [0.1, 0.15) is 5.69 Å². The number of nitrogens with two attached hydrogens (primary N) is 1. The zero-order valence-electron chi connectivity index (χ0n) is 11.0. The van der Waals surface area contributed by atoms with Gasteiger partial charge in [-0.1, -0.05) is 0 Å². The molecule has 0 saturated heterocycles. The zero-order chi connectivity index (χ0) is 14.3. The summed E-state index contributed by atoms with van der Waals surface area (Å²) in [5, 5.41) is 4.62. The van der Waals surface area contributed by atoms with Crippen molar-refractivity contribution in [2.24, 2.45) is 7.05 Å². The molecule has 0 bridgehead atoms. The number of rotatable bonds is 2. The number of hydrogen-bond donors (Lipinski definition) is 2. The van der Waals surface area contributed by atoms with Crippen LogP contribution >= 0.6 is 0 Å². The van der Waals surface area contributed by atoms with E-state index < -0.39 is 0 Å². The van der Waals surface area contributed by atoms with Crippen molar-refractivity contribution in [1.82, 2.24) is 19.7 Å². The summed E-state index contributed by atoms with van der Waals surface area (Å²) in [7, 11) is 1.78. The number of hydrogen-bond acceptors (Lipinski definition) is 5. The largest absolute Gasteiger partial charge is 0.437 e. The molecular weight excluding hydrogens is 258 g/mol. The fraction of sp³-hybridized carbons (Fsp3) is 0.154. The molecule has 1 aromatic carbocycles. The van der Waals surface area contributed by atoms with Crippen LogP contribution in [0.3, 0.4) is 0 Å². The second kappa shape index (κ2) is 4.37. The van der Waals surface area contributed by atoms with Gasteiger partial charge in [-0.2, -0.15) is 5.10 Å². The number of nitrogens with one attached hydrogen (secondary N) is 1. The van der Waals surface area contributed by atoms with E-state index in [0.29, 0.717) is 28.2 Å². The van der Waals surface area contributed by atoms with Crippen LogP contribution in [0.25, 0.3) is 10.9 Å². The summed E-state index contributed by atoms with van der Waals surface area (Å²) in [5.74, 6) is 1.01. The molecule has 3 N–H and O–H groups in total. The summed E-state index contributed by atoms with van der Waals surface area (Å²) in [4.78, 5) is 18.3. The predicted molar refractivity (Wildman–Crippen MR) is 74.8 cm³/mol. The summed E-state index contributed by atoms with van der Waals surface area (Å²) >= 11 is 0. The maximum atomic E-state index is 11.7. The number of anilines is 1. The Morgan fingerprint density at radius 3 is 2.85 bits per heavy atom. The summed E-state index contributed by atoms with van der Waals surface area (Å²) in [6.45, 7) is 1.87. The molecule has 0 amide bonds. The number of aromatic amines is 1. The van der Waals surface area contributed by atoms with Crippen LogP contribution in [0, 0.1) is 6.92 Å². The molecule has 3 aromatic rings. The van der Waals surface area contributed by atoms with E-state index in [9.17, 15) is 4.79 Å². The third-order valence-corrected chi connectivity index (χ3v) is 2.95. The molecule has 102 valence electrons. The monoisotopic (exact) mass is 271 g/mol. The average molecular weight is 271 g/mol. The van der Waals surface area contributed by atoms with Gasteiger partial charge in [-0.25, -0.2) is 9.67 Å². The Balaban J connectivity index is 2.10. The van der Waals surface area contributed by atoms with E-state index in [0.717, 1.165) is 5.69 Å². The highest BCUT2D eigenvalue weighted by atomic mass is 16.5. The maximum Gasteiger partial charge on any atom is 0.258 e. The number of nitrogen functional groups attached to an aromatic ring is 1. The van der Waals surface area contributed by atoms with E-state index in [2.05, 4.69) is 15.1 Å². The van der Waals surface area contributed by atoms with Gasteiger partial charge >= 0.3 is 0 Å². The van der Waals surface area contributed by atoms with Crippen LogP contribution in [0.5, 0.6) is 11.6 Å². The zero-order valence-corrected chi connectivity index (χ0v) is 11.0. The minimum atomic E-state index is -0.232. The number of ether oxygens (including phenoxy) is 1. The molecule has 0 radical (unpaired) electrons. The van der Waals surface area contributed by atoms with Gasteiger partial charge in [0.2, 0.25) is 5.88 Å². The molecule has 0 fully saturated rings. The molecule has 7 heteroatoms. The van der Waals surface area contributed by atoms with Crippen molar-refractivity contribution < 1.29 is 4.74 Å². The summed E-state index contributed by atoms with van der Waals surface area (Å²) in [6, 6.07) is 5.00. The fourth-order valence-corrected chi connectivity index (χ4v) is 2.00. The molecule has 3 rings (SSSR count). The predicted octanol–water partition coefficient (Wildman–Crippen LogP) is 1.34. The van der Waals surface area contributed by atoms with Gasteiger partial charge in [0.05, 0.1) is 28.6 Å². The molecule has 0 aliphatic carbocycles. The van der Waals surface area contributed by atoms with Crippen molar-refractivity contribution in [2.45, 2.75) is 6.92 Å². The highest BCUT2D eigenvalue weighted by Crippen LogP contribution is 2.30. The van der Waals surface area contributed by atoms with Crippen molar-refractivity contribution in [3.8, 4) is 11.6 Å². The quantitative estimate of drug-likeness (QED) is 0.685. The standard InChI is InChI=1S/C13H13N5O2/c1-7-3-12(18(2)17-7)20-11-5-10-8(4-9(11)14)13(19)16-6-15-10/h3-6H,14H2,1-2H3,(H,15,16,19). The molecule has 0 unspecified atom stereocenters. The van der Waals surface area contributed by atoms with Crippen molar-refractivity contribution in [3.63, 3.8) is 0 Å². The van der Waals surface area contributed by atoms with Gasteiger partial charge in [-0.3, -0.25) is 4.79 Å². The Hall–Kier alpha value is -2.83. The molecule has 0 aliphatic rings. The topological polar surface area (TPSA) is 98.8 Å². The highest BCUT2D eigenvalue weighted by Gasteiger charge is 2.10. The van der Waals surface area contributed by atoms with E-state index in [-0.39, 0.29) is 5.56 Å². The third-order valence-electron chi connectivity index (χ3n) is 2.95. The fourth-order valence-electron chi connectivity index (χ4n) is 2.00. The molecule has 0 aliphatic heterocycles. The van der Waals surface area contributed by atoms with Crippen LogP contribution < -0.4 is 16.0 Å². The first-order valence-electron chi connectivity index (χ1n) is 6.00. The second-order valence-electron chi connectivity index (χ2n) is 4.49. The Morgan fingerprint density at radius 2 is 2.15 bits per heavy atom. The Bertz CT molecular complexity index is 850. The minimum absolute atomic E-state index is 0.232. The van der Waals surface area contributed by atoms with Gasteiger partial charge in [-0.15, -0.1) is 0 Å². The van der Waals surface area contributed by atoms with E-state index in [4.69, 9.17) is 10.5 Å². The SMILES string of the molecule is Cc1cc(Oc2cc3nc[nH]c(=O)c3cc2N)n(C)n1. The van der Waals surface area contributed by atoms with E-state index in [1.165, 1.54) is 6.33 Å². The number of aryl methyl sites for hydroxylation is 2. The summed E-state index contributed by atoms with van der Waals surface area (Å²) < 4.78 is 7.35. The average Bonchev–Trinajstić information content (AvgIpc) is 2.70. The molecule has 0 saturated carbocycles. The molecule has 0 atom stereocenters. The third kappa shape index (κ3) is 1.99. The molecule has 2 heterocycles. The first kappa shape index (κ1) is 12.2. The van der Waals surface area contributed by atoms with E-state index >= 15 is 0 Å². The lowest BCUT2D eigenvalue weighted by atomic mass is 10.2. The maximum absolute atomic E-state index is 11.7. The highest BCUT2D eigenvalue weighted by molar-refractivity contribution is 5.84. The normalized spacial score (nSPS) is 10.9. The minimum Gasteiger partial charge on any atom is -0.437 e. The molecular formula is C13H13N5O2. The first-order chi connectivity index (χ1) is 9.54. The van der Waals surface area contributed by atoms with Crippen molar-refractivity contribution in [3.05, 3.63) is 40.6 Å². The molecule has 0 spiro atoms. The molecule has 20 heavy (non-hydrogen) atoms. The van der Waals surface area contributed by atoms with Gasteiger partial charge < -0.3 is 15.5 Å². The van der Waals surface area contributed by atoms with Crippen LogP contribution in [-0.4, -0.2) is 19.7 Å². The summed E-state index contributed by atoms with van der Waals surface area (Å²) in [5.41, 5.74) is 7.43. The Morgan fingerprint density at radius 1 is 1.35 bits per heavy atom. The first-order valence-corrected chi connectivity index (χ1v) is 6.00. The van der Waals surface area contributed by atoms with Crippen LogP contribution in [0.15, 0.2) is 29.3 Å². The summed E-state index contributed by atoms with van der Waals surface area (Å²) in [6.07, 6.45) is 1.35. The van der Waals surface area contributed by atoms with Crippen molar-refractivity contribution >= 4 is 16.6 Å². The van der Waals surface area contributed by atoms with Crippen molar-refractivity contribution in [2.75, 3.05) is 5.73 Å². The van der Waals surface area contributed by atoms with Gasteiger partial charge in [-0.05, 0) is 13.0 Å². The molecule has 7 nitrogen and oxygen atoms in total. The number of aromatic nitrogens is 4. The number of benzene rings is 1. The Kier molecular flexibility index (Phi) is 2.67. The number of H-pyrrole nitrogens is 1. The second-order valence-corrected chi connectivity index (χ2v) is 4.49. The van der Waals surface area contributed by atoms with Crippen molar-refractivity contribution in [1.29, 1.82) is 0 Å².